The van der Waals surface area contributed by atoms with E-state index in [0.29, 0.717) is 18.6 Å². The third-order valence-electron chi connectivity index (χ3n) is 3.67. The van der Waals surface area contributed by atoms with Gasteiger partial charge in [-0.2, -0.15) is 0 Å². The number of ether oxygens (including phenoxy) is 1. The van der Waals surface area contributed by atoms with E-state index >= 15 is 0 Å². The van der Waals surface area contributed by atoms with E-state index in [2.05, 4.69) is 6.58 Å². The first-order chi connectivity index (χ1) is 11.7. The van der Waals surface area contributed by atoms with E-state index in [9.17, 15) is 18.3 Å². The lowest BCUT2D eigenvalue weighted by Crippen LogP contribution is -2.07. The largest absolute Gasteiger partial charge is 0.506 e. The Morgan fingerprint density at radius 2 is 1.76 bits per heavy atom. The van der Waals surface area contributed by atoms with Crippen molar-refractivity contribution < 1.29 is 23.1 Å². The van der Waals surface area contributed by atoms with Gasteiger partial charge in [-0.1, -0.05) is 43.9 Å². The predicted octanol–water partition coefficient (Wildman–Crippen LogP) is 4.28. The predicted molar refractivity (Wildman–Crippen MR) is 98.6 cm³/mol. The number of unbranched alkanes of at least 4 members (excludes halogenated alkanes) is 5. The normalized spacial score (nSPS) is 11.3. The summed E-state index contributed by atoms with van der Waals surface area (Å²) in [5.74, 6) is -0.432. The summed E-state index contributed by atoms with van der Waals surface area (Å²) in [5, 5.41) is 9.38. The van der Waals surface area contributed by atoms with Crippen molar-refractivity contribution in [1.82, 2.24) is 0 Å². The second-order valence-corrected chi connectivity index (χ2v) is 8.49. The van der Waals surface area contributed by atoms with Crippen molar-refractivity contribution in [2.24, 2.45) is 0 Å². The molecule has 0 saturated carbocycles. The first-order valence-electron chi connectivity index (χ1n) is 8.28. The van der Waals surface area contributed by atoms with E-state index in [1.54, 1.807) is 6.92 Å². The molecule has 0 aromatic heterocycles. The van der Waals surface area contributed by atoms with Gasteiger partial charge in [0.05, 0.1) is 22.3 Å². The standard InChI is InChI=1S/C18H25ClO5S/c1-14(2)18(21)24-11-7-5-3-4-6-8-12-25(22,23)15-9-10-17(20)16(19)13-15/h9-10,13,20H,1,3-8,11-12H2,2H3. The number of carbonyl (C=O) groups excluding carboxylic acids is 1. The van der Waals surface area contributed by atoms with Gasteiger partial charge in [0.2, 0.25) is 0 Å². The maximum absolute atomic E-state index is 12.2. The molecule has 0 amide bonds. The van der Waals surface area contributed by atoms with Crippen LogP contribution in [0.3, 0.4) is 0 Å². The monoisotopic (exact) mass is 388 g/mol. The minimum absolute atomic E-state index is 0.0356. The van der Waals surface area contributed by atoms with Crippen molar-refractivity contribution in [3.8, 4) is 5.75 Å². The van der Waals surface area contributed by atoms with Gasteiger partial charge in [0.15, 0.2) is 9.84 Å². The van der Waals surface area contributed by atoms with Crippen LogP contribution in [0, 0.1) is 0 Å². The van der Waals surface area contributed by atoms with Crippen LogP contribution in [0.5, 0.6) is 5.75 Å². The molecule has 0 bridgehead atoms. The number of rotatable bonds is 11. The molecule has 0 saturated heterocycles. The summed E-state index contributed by atoms with van der Waals surface area (Å²) in [6, 6.07) is 3.93. The maximum Gasteiger partial charge on any atom is 0.333 e. The van der Waals surface area contributed by atoms with Gasteiger partial charge in [-0.05, 0) is 38.0 Å². The number of aromatic hydroxyl groups is 1. The molecule has 140 valence electrons. The number of esters is 1. The third kappa shape index (κ3) is 7.92. The molecule has 1 aromatic carbocycles. The highest BCUT2D eigenvalue weighted by Gasteiger charge is 2.15. The summed E-state index contributed by atoms with van der Waals surface area (Å²) < 4.78 is 29.4. The minimum Gasteiger partial charge on any atom is -0.506 e. The first-order valence-corrected chi connectivity index (χ1v) is 10.3. The lowest BCUT2D eigenvalue weighted by molar-refractivity contribution is -0.139. The third-order valence-corrected chi connectivity index (χ3v) is 5.77. The zero-order valence-corrected chi connectivity index (χ0v) is 16.0. The Morgan fingerprint density at radius 1 is 1.16 bits per heavy atom. The van der Waals surface area contributed by atoms with Gasteiger partial charge in [-0.15, -0.1) is 0 Å². The highest BCUT2D eigenvalue weighted by molar-refractivity contribution is 7.91. The number of halogens is 1. The van der Waals surface area contributed by atoms with Crippen molar-refractivity contribution in [2.75, 3.05) is 12.4 Å². The molecular formula is C18H25ClO5S. The van der Waals surface area contributed by atoms with E-state index in [4.69, 9.17) is 16.3 Å². The molecule has 1 rings (SSSR count). The summed E-state index contributed by atoms with van der Waals surface area (Å²) in [6.07, 6.45) is 5.02. The average Bonchev–Trinajstić information content (AvgIpc) is 2.55. The maximum atomic E-state index is 12.2. The fraction of sp³-hybridized carbons (Fsp3) is 0.500. The molecule has 1 aromatic rings. The van der Waals surface area contributed by atoms with E-state index in [0.717, 1.165) is 32.1 Å². The van der Waals surface area contributed by atoms with Gasteiger partial charge in [-0.3, -0.25) is 0 Å². The lowest BCUT2D eigenvalue weighted by atomic mass is 10.1. The molecule has 0 heterocycles. The van der Waals surface area contributed by atoms with Crippen molar-refractivity contribution in [2.45, 2.75) is 50.3 Å². The summed E-state index contributed by atoms with van der Waals surface area (Å²) >= 11 is 5.75. The number of sulfone groups is 1. The Labute approximate surface area is 154 Å². The smallest absolute Gasteiger partial charge is 0.333 e. The Hall–Kier alpha value is -1.53. The molecule has 0 aliphatic rings. The molecule has 5 nitrogen and oxygen atoms in total. The Kier molecular flexibility index (Phi) is 9.00. The van der Waals surface area contributed by atoms with Crippen LogP contribution in [0.2, 0.25) is 5.02 Å². The van der Waals surface area contributed by atoms with E-state index in [1.165, 1.54) is 18.2 Å². The zero-order chi connectivity index (χ0) is 18.9. The van der Waals surface area contributed by atoms with Gasteiger partial charge in [-0.25, -0.2) is 13.2 Å². The van der Waals surface area contributed by atoms with Crippen LogP contribution in [-0.2, 0) is 19.4 Å². The van der Waals surface area contributed by atoms with Gasteiger partial charge in [0.25, 0.3) is 0 Å². The van der Waals surface area contributed by atoms with E-state index < -0.39 is 9.84 Å². The number of hydrogen-bond acceptors (Lipinski definition) is 5. The molecule has 7 heteroatoms. The van der Waals surface area contributed by atoms with Gasteiger partial charge in [0.1, 0.15) is 5.75 Å². The molecule has 0 fully saturated rings. The Balaban J connectivity index is 2.17. The minimum atomic E-state index is -3.38. The molecule has 0 aliphatic heterocycles. The summed E-state index contributed by atoms with van der Waals surface area (Å²) in [5.41, 5.74) is 0.399. The van der Waals surface area contributed by atoms with Crippen LogP contribution in [0.1, 0.15) is 45.4 Å². The van der Waals surface area contributed by atoms with Crippen molar-refractivity contribution in [3.63, 3.8) is 0 Å². The first kappa shape index (κ1) is 21.5. The van der Waals surface area contributed by atoms with E-state index in [-0.39, 0.29) is 27.4 Å². The molecule has 0 aliphatic carbocycles. The van der Waals surface area contributed by atoms with Crippen LogP contribution in [0.4, 0.5) is 0 Å². The Morgan fingerprint density at radius 3 is 2.36 bits per heavy atom. The van der Waals surface area contributed by atoms with Crippen LogP contribution >= 0.6 is 11.6 Å². The van der Waals surface area contributed by atoms with Crippen molar-refractivity contribution >= 4 is 27.4 Å². The molecular weight excluding hydrogens is 364 g/mol. The Bertz CT molecular complexity index is 697. The van der Waals surface area contributed by atoms with Gasteiger partial charge < -0.3 is 9.84 Å². The van der Waals surface area contributed by atoms with Crippen LogP contribution in [0.15, 0.2) is 35.2 Å². The number of phenols is 1. The van der Waals surface area contributed by atoms with Crippen LogP contribution in [-0.4, -0.2) is 31.9 Å². The second kappa shape index (κ2) is 10.5. The fourth-order valence-corrected chi connectivity index (χ4v) is 3.83. The number of carbonyl (C=O) groups is 1. The van der Waals surface area contributed by atoms with E-state index in [1.807, 2.05) is 0 Å². The number of phenolic OH excluding ortho intramolecular Hbond substituents is 1. The molecule has 0 spiro atoms. The van der Waals surface area contributed by atoms with Crippen LogP contribution < -0.4 is 0 Å². The molecule has 0 unspecified atom stereocenters. The highest BCUT2D eigenvalue weighted by Crippen LogP contribution is 2.26. The quantitative estimate of drug-likeness (QED) is 0.347. The van der Waals surface area contributed by atoms with Crippen molar-refractivity contribution in [3.05, 3.63) is 35.4 Å². The topological polar surface area (TPSA) is 80.7 Å². The number of hydrogen-bond donors (Lipinski definition) is 1. The van der Waals surface area contributed by atoms with Crippen LogP contribution in [0.25, 0.3) is 0 Å². The average molecular weight is 389 g/mol. The number of benzene rings is 1. The van der Waals surface area contributed by atoms with Crippen molar-refractivity contribution in [1.29, 1.82) is 0 Å². The van der Waals surface area contributed by atoms with Gasteiger partial charge in [0, 0.05) is 5.57 Å². The summed E-state index contributed by atoms with van der Waals surface area (Å²) in [6.45, 7) is 5.52. The summed E-state index contributed by atoms with van der Waals surface area (Å²) in [7, 11) is -3.38. The molecule has 0 atom stereocenters. The van der Waals surface area contributed by atoms with Gasteiger partial charge >= 0.3 is 5.97 Å². The highest BCUT2D eigenvalue weighted by atomic mass is 35.5. The second-order valence-electron chi connectivity index (χ2n) is 5.97. The molecule has 1 N–H and O–H groups in total. The zero-order valence-electron chi connectivity index (χ0n) is 14.5. The lowest BCUT2D eigenvalue weighted by Gasteiger charge is -2.06. The molecule has 0 radical (unpaired) electrons. The summed E-state index contributed by atoms with van der Waals surface area (Å²) in [4.78, 5) is 11.3. The fourth-order valence-electron chi connectivity index (χ4n) is 2.19. The SMILES string of the molecule is C=C(C)C(=O)OCCCCCCCCS(=O)(=O)c1ccc(O)c(Cl)c1. The molecule has 25 heavy (non-hydrogen) atoms.